The second kappa shape index (κ2) is 8.14. The molecule has 0 fully saturated rings. The fourth-order valence-electron chi connectivity index (χ4n) is 2.27. The molecule has 0 bridgehead atoms. The van der Waals surface area contributed by atoms with Crippen molar-refractivity contribution in [2.45, 2.75) is 19.5 Å². The molecule has 128 valence electrons. The molecule has 2 aromatic rings. The average molecular weight is 330 g/mol. The predicted molar refractivity (Wildman–Crippen MR) is 89.4 cm³/mol. The molecule has 0 aliphatic carbocycles. The monoisotopic (exact) mass is 330 g/mol. The molecule has 24 heavy (non-hydrogen) atoms. The van der Waals surface area contributed by atoms with Gasteiger partial charge in [0, 0.05) is 26.0 Å². The van der Waals surface area contributed by atoms with Gasteiger partial charge >= 0.3 is 0 Å². The van der Waals surface area contributed by atoms with E-state index in [1.54, 1.807) is 44.2 Å². The first-order valence-electron chi connectivity index (χ1n) is 7.65. The lowest BCUT2D eigenvalue weighted by Gasteiger charge is -2.21. The molecule has 0 radical (unpaired) electrons. The van der Waals surface area contributed by atoms with Crippen molar-refractivity contribution in [3.8, 4) is 5.75 Å². The Morgan fingerprint density at radius 3 is 2.83 bits per heavy atom. The molecule has 1 unspecified atom stereocenters. The summed E-state index contributed by atoms with van der Waals surface area (Å²) in [6.45, 7) is 2.13. The third-order valence-electron chi connectivity index (χ3n) is 3.66. The van der Waals surface area contributed by atoms with E-state index in [2.05, 4.69) is 10.4 Å². The molecule has 1 atom stereocenters. The number of rotatable bonds is 7. The Balaban J connectivity index is 1.83. The Labute approximate surface area is 141 Å². The summed E-state index contributed by atoms with van der Waals surface area (Å²) < 4.78 is 6.71. The molecule has 0 aliphatic rings. The number of benzene rings is 1. The van der Waals surface area contributed by atoms with Crippen LogP contribution in [0.5, 0.6) is 5.75 Å². The van der Waals surface area contributed by atoms with Crippen molar-refractivity contribution in [2.24, 2.45) is 0 Å². The summed E-state index contributed by atoms with van der Waals surface area (Å²) in [6.07, 6.45) is 3.34. The van der Waals surface area contributed by atoms with Gasteiger partial charge in [-0.25, -0.2) is 0 Å². The summed E-state index contributed by atoms with van der Waals surface area (Å²) in [7, 11) is 3.20. The van der Waals surface area contributed by atoms with E-state index in [-0.39, 0.29) is 18.4 Å². The van der Waals surface area contributed by atoms with Crippen molar-refractivity contribution < 1.29 is 14.3 Å². The van der Waals surface area contributed by atoms with Crippen LogP contribution in [0.3, 0.4) is 0 Å². The predicted octanol–water partition coefficient (Wildman–Crippen LogP) is 1.23. The molecule has 1 N–H and O–H groups in total. The minimum absolute atomic E-state index is 0.00555. The normalized spacial score (nSPS) is 11.6. The highest BCUT2D eigenvalue weighted by Gasteiger charge is 2.20. The lowest BCUT2D eigenvalue weighted by atomic mass is 10.2. The minimum Gasteiger partial charge on any atom is -0.497 e. The number of hydrogen-bond donors (Lipinski definition) is 1. The zero-order valence-corrected chi connectivity index (χ0v) is 14.1. The molecule has 0 saturated carbocycles. The number of ether oxygens (including phenoxy) is 1. The van der Waals surface area contributed by atoms with E-state index in [1.165, 1.54) is 4.90 Å². The van der Waals surface area contributed by atoms with Gasteiger partial charge in [0.05, 0.1) is 13.7 Å². The molecule has 2 rings (SSSR count). The van der Waals surface area contributed by atoms with Crippen molar-refractivity contribution in [1.82, 2.24) is 20.0 Å². The Morgan fingerprint density at radius 2 is 2.17 bits per heavy atom. The Kier molecular flexibility index (Phi) is 5.95. The number of nitrogens with one attached hydrogen (secondary N) is 1. The Morgan fingerprint density at radius 1 is 1.38 bits per heavy atom. The van der Waals surface area contributed by atoms with Gasteiger partial charge in [-0.05, 0) is 30.7 Å². The maximum Gasteiger partial charge on any atom is 0.247 e. The maximum absolute atomic E-state index is 12.3. The first kappa shape index (κ1) is 17.5. The first-order chi connectivity index (χ1) is 11.5. The minimum atomic E-state index is -0.448. The van der Waals surface area contributed by atoms with Crippen molar-refractivity contribution in [2.75, 3.05) is 20.7 Å². The van der Waals surface area contributed by atoms with Crippen molar-refractivity contribution >= 4 is 11.8 Å². The topological polar surface area (TPSA) is 76.5 Å². The molecule has 0 spiro atoms. The van der Waals surface area contributed by atoms with Gasteiger partial charge < -0.3 is 15.0 Å². The highest BCUT2D eigenvalue weighted by atomic mass is 16.5. The van der Waals surface area contributed by atoms with Gasteiger partial charge in [0.15, 0.2) is 0 Å². The smallest absolute Gasteiger partial charge is 0.247 e. The average Bonchev–Trinajstić information content (AvgIpc) is 3.13. The molecule has 0 saturated heterocycles. The van der Waals surface area contributed by atoms with Gasteiger partial charge in [0.1, 0.15) is 11.8 Å². The van der Waals surface area contributed by atoms with Crippen LogP contribution in [0.4, 0.5) is 0 Å². The summed E-state index contributed by atoms with van der Waals surface area (Å²) in [5.41, 5.74) is 0.932. The number of nitrogens with zero attached hydrogens (tertiary/aromatic N) is 3. The summed E-state index contributed by atoms with van der Waals surface area (Å²) in [5.74, 6) is 0.346. The van der Waals surface area contributed by atoms with Crippen molar-refractivity contribution in [3.05, 3.63) is 48.3 Å². The van der Waals surface area contributed by atoms with Gasteiger partial charge in [0.25, 0.3) is 0 Å². The molecular weight excluding hydrogens is 308 g/mol. The number of carbonyl (C=O) groups is 2. The van der Waals surface area contributed by atoms with E-state index in [4.69, 9.17) is 4.74 Å². The zero-order chi connectivity index (χ0) is 17.5. The van der Waals surface area contributed by atoms with Gasteiger partial charge in [-0.1, -0.05) is 12.1 Å². The maximum atomic E-state index is 12.3. The van der Waals surface area contributed by atoms with Crippen LogP contribution in [-0.4, -0.2) is 47.2 Å². The number of amides is 2. The molecule has 0 aliphatic heterocycles. The highest BCUT2D eigenvalue weighted by Crippen LogP contribution is 2.12. The van der Waals surface area contributed by atoms with Crippen LogP contribution in [-0.2, 0) is 16.1 Å². The van der Waals surface area contributed by atoms with E-state index in [0.29, 0.717) is 6.54 Å². The van der Waals surface area contributed by atoms with Crippen LogP contribution in [0.2, 0.25) is 0 Å². The third kappa shape index (κ3) is 4.58. The number of likely N-dealkylation sites (N-methyl/N-ethyl adjacent to an activating group) is 1. The molecule has 1 heterocycles. The molecule has 7 heteroatoms. The number of carbonyl (C=O) groups excluding carboxylic acids is 2. The SMILES string of the molecule is COc1cccc(CNC(=O)CN(C)C(=O)C(C)n2cccn2)c1. The lowest BCUT2D eigenvalue weighted by Crippen LogP contribution is -2.40. The van der Waals surface area contributed by atoms with Crippen LogP contribution in [0.1, 0.15) is 18.5 Å². The highest BCUT2D eigenvalue weighted by molar-refractivity contribution is 5.86. The second-order valence-corrected chi connectivity index (χ2v) is 5.48. The van der Waals surface area contributed by atoms with Crippen LogP contribution in [0.15, 0.2) is 42.7 Å². The molecule has 2 amide bonds. The van der Waals surface area contributed by atoms with Crippen molar-refractivity contribution in [1.29, 1.82) is 0 Å². The van der Waals surface area contributed by atoms with Crippen LogP contribution in [0, 0.1) is 0 Å². The number of methoxy groups -OCH3 is 1. The van der Waals surface area contributed by atoms with Gasteiger partial charge in [-0.2, -0.15) is 5.10 Å². The first-order valence-corrected chi connectivity index (χ1v) is 7.65. The third-order valence-corrected chi connectivity index (χ3v) is 3.66. The summed E-state index contributed by atoms with van der Waals surface area (Å²) in [5, 5.41) is 6.85. The summed E-state index contributed by atoms with van der Waals surface area (Å²) in [6, 6.07) is 8.77. The molecule has 1 aromatic carbocycles. The van der Waals surface area contributed by atoms with E-state index in [0.717, 1.165) is 11.3 Å². The Bertz CT molecular complexity index is 685. The van der Waals surface area contributed by atoms with Gasteiger partial charge in [-0.3, -0.25) is 14.3 Å². The molecular formula is C17H22N4O3. The fourth-order valence-corrected chi connectivity index (χ4v) is 2.27. The van der Waals surface area contributed by atoms with Gasteiger partial charge in [-0.15, -0.1) is 0 Å². The van der Waals surface area contributed by atoms with E-state index < -0.39 is 6.04 Å². The van der Waals surface area contributed by atoms with Crippen LogP contribution < -0.4 is 10.1 Å². The summed E-state index contributed by atoms with van der Waals surface area (Å²) >= 11 is 0. The fraction of sp³-hybridized carbons (Fsp3) is 0.353. The lowest BCUT2D eigenvalue weighted by molar-refractivity contribution is -0.137. The van der Waals surface area contributed by atoms with Crippen LogP contribution in [0.25, 0.3) is 0 Å². The van der Waals surface area contributed by atoms with Gasteiger partial charge in [0.2, 0.25) is 11.8 Å². The number of hydrogen-bond acceptors (Lipinski definition) is 4. The Hall–Kier alpha value is -2.83. The second-order valence-electron chi connectivity index (χ2n) is 5.48. The van der Waals surface area contributed by atoms with E-state index in [9.17, 15) is 9.59 Å². The zero-order valence-electron chi connectivity index (χ0n) is 14.1. The molecule has 1 aromatic heterocycles. The largest absolute Gasteiger partial charge is 0.497 e. The van der Waals surface area contributed by atoms with E-state index >= 15 is 0 Å². The number of aromatic nitrogens is 2. The van der Waals surface area contributed by atoms with Crippen LogP contribution >= 0.6 is 0 Å². The standard InChI is InChI=1S/C17H22N4O3/c1-13(21-9-5-8-19-21)17(23)20(2)12-16(22)18-11-14-6-4-7-15(10-14)24-3/h4-10,13H,11-12H2,1-3H3,(H,18,22). The molecule has 7 nitrogen and oxygen atoms in total. The van der Waals surface area contributed by atoms with E-state index in [1.807, 2.05) is 24.3 Å². The quantitative estimate of drug-likeness (QED) is 0.828. The summed E-state index contributed by atoms with van der Waals surface area (Å²) in [4.78, 5) is 25.7. The van der Waals surface area contributed by atoms with Crippen molar-refractivity contribution in [3.63, 3.8) is 0 Å².